The van der Waals surface area contributed by atoms with Crippen molar-refractivity contribution in [3.63, 3.8) is 0 Å². The zero-order valence-electron chi connectivity index (χ0n) is 23.5. The van der Waals surface area contributed by atoms with Crippen LogP contribution < -0.4 is 21.7 Å². The highest BCUT2D eigenvalue weighted by molar-refractivity contribution is 5.94. The van der Waals surface area contributed by atoms with Crippen LogP contribution >= 0.6 is 0 Å². The van der Waals surface area contributed by atoms with Gasteiger partial charge in [0, 0.05) is 29.4 Å². The molecule has 3 heterocycles. The highest BCUT2D eigenvalue weighted by atomic mass is 16.5. The Labute approximate surface area is 243 Å². The summed E-state index contributed by atoms with van der Waals surface area (Å²) >= 11 is 0. The lowest BCUT2D eigenvalue weighted by Crippen LogP contribution is -2.37. The van der Waals surface area contributed by atoms with Gasteiger partial charge in [0.1, 0.15) is 11.9 Å². The number of esters is 1. The molecule has 0 fully saturated rings. The molecule has 2 aliphatic rings. The van der Waals surface area contributed by atoms with E-state index in [1.54, 1.807) is 37.4 Å². The fraction of sp³-hybridized carbons (Fsp3) is 0.250. The number of carbonyl (C=O) groups is 3. The Kier molecular flexibility index (Phi) is 8.52. The Morgan fingerprint density at radius 3 is 2.76 bits per heavy atom. The smallest absolute Gasteiger partial charge is 0.411 e. The zero-order chi connectivity index (χ0) is 29.6. The highest BCUT2D eigenvalue weighted by Gasteiger charge is 2.27. The number of aryl methyl sites for hydroxylation is 1. The molecule has 10 heteroatoms. The lowest BCUT2D eigenvalue weighted by molar-refractivity contribution is -0.143. The molecule has 0 saturated heterocycles. The minimum atomic E-state index is -0.800. The minimum absolute atomic E-state index is 0.0968. The zero-order valence-corrected chi connectivity index (χ0v) is 23.5. The number of anilines is 3. The van der Waals surface area contributed by atoms with Gasteiger partial charge in [0.2, 0.25) is 5.91 Å². The van der Waals surface area contributed by atoms with Crippen LogP contribution in [-0.4, -0.2) is 36.2 Å². The number of fused-ring (bicyclic) bond motifs is 10. The first-order valence-corrected chi connectivity index (χ1v) is 13.8. The number of hydrogen-bond donors (Lipinski definition) is 4. The number of benzene rings is 3. The van der Waals surface area contributed by atoms with Crippen molar-refractivity contribution in [2.75, 3.05) is 29.6 Å². The molecule has 0 radical (unpaired) electrons. The van der Waals surface area contributed by atoms with Crippen LogP contribution in [0.3, 0.4) is 0 Å². The second-order valence-electron chi connectivity index (χ2n) is 10.1. The molecule has 2 atom stereocenters. The highest BCUT2D eigenvalue weighted by Crippen LogP contribution is 2.29. The third-order valence-electron chi connectivity index (χ3n) is 7.20. The van der Waals surface area contributed by atoms with Gasteiger partial charge in [-0.15, -0.1) is 0 Å². The summed E-state index contributed by atoms with van der Waals surface area (Å²) in [5.74, 6) is -0.368. The van der Waals surface area contributed by atoms with Crippen molar-refractivity contribution < 1.29 is 23.9 Å². The topological polar surface area (TPSA) is 145 Å². The number of nitrogens with zero attached hydrogens (tertiary/aromatic N) is 1. The molecule has 1 aromatic heterocycles. The van der Waals surface area contributed by atoms with E-state index in [1.807, 2.05) is 49.4 Å². The summed E-state index contributed by atoms with van der Waals surface area (Å²) in [5.41, 5.74) is 10.5. The molecule has 4 aromatic rings. The summed E-state index contributed by atoms with van der Waals surface area (Å²) in [7, 11) is 0. The van der Waals surface area contributed by atoms with Gasteiger partial charge in [0.05, 0.1) is 25.7 Å². The van der Waals surface area contributed by atoms with Crippen molar-refractivity contribution in [3.8, 4) is 0 Å². The fourth-order valence-corrected chi connectivity index (χ4v) is 5.07. The average Bonchev–Trinajstić information content (AvgIpc) is 2.96. The molecule has 6 rings (SSSR count). The van der Waals surface area contributed by atoms with Crippen molar-refractivity contribution in [2.24, 2.45) is 0 Å². The number of carbonyl (C=O) groups excluding carboxylic acids is 3. The van der Waals surface area contributed by atoms with Crippen LogP contribution in [0, 0.1) is 6.92 Å². The predicted molar refractivity (Wildman–Crippen MR) is 161 cm³/mol. The van der Waals surface area contributed by atoms with Gasteiger partial charge in [-0.2, -0.15) is 0 Å². The van der Waals surface area contributed by atoms with E-state index in [4.69, 9.17) is 15.2 Å². The molecule has 10 nitrogen and oxygen atoms in total. The van der Waals surface area contributed by atoms with Gasteiger partial charge in [0.15, 0.2) is 0 Å². The van der Waals surface area contributed by atoms with Gasteiger partial charge in [-0.25, -0.2) is 9.78 Å². The van der Waals surface area contributed by atoms with E-state index >= 15 is 0 Å². The quantitative estimate of drug-likeness (QED) is 0.241. The summed E-state index contributed by atoms with van der Waals surface area (Å²) in [6, 6.07) is 18.7. The summed E-state index contributed by atoms with van der Waals surface area (Å²) in [5, 5.41) is 10.9. The van der Waals surface area contributed by atoms with Crippen molar-refractivity contribution >= 4 is 45.9 Å². The summed E-state index contributed by atoms with van der Waals surface area (Å²) < 4.78 is 10.6. The molecular weight excluding hydrogens is 534 g/mol. The van der Waals surface area contributed by atoms with Gasteiger partial charge in [-0.3, -0.25) is 14.9 Å². The van der Waals surface area contributed by atoms with Crippen LogP contribution in [0.2, 0.25) is 0 Å². The summed E-state index contributed by atoms with van der Waals surface area (Å²) in [6.45, 7) is 4.08. The summed E-state index contributed by atoms with van der Waals surface area (Å²) in [4.78, 5) is 43.3. The maximum atomic E-state index is 14.1. The fourth-order valence-electron chi connectivity index (χ4n) is 5.07. The van der Waals surface area contributed by atoms with Crippen LogP contribution in [0.15, 0.2) is 72.9 Å². The first-order valence-electron chi connectivity index (χ1n) is 13.8. The number of rotatable bonds is 5. The molecule has 4 bridgehead atoms. The van der Waals surface area contributed by atoms with Gasteiger partial charge >= 0.3 is 12.1 Å². The van der Waals surface area contributed by atoms with Crippen LogP contribution in [0.4, 0.5) is 22.0 Å². The number of nitrogens with one attached hydrogen (secondary N) is 3. The molecule has 3 aromatic carbocycles. The number of pyridine rings is 1. The molecule has 42 heavy (non-hydrogen) atoms. The maximum absolute atomic E-state index is 14.1. The van der Waals surface area contributed by atoms with Crippen molar-refractivity contribution in [3.05, 3.63) is 95.2 Å². The Balaban J connectivity index is 1.55. The van der Waals surface area contributed by atoms with E-state index in [9.17, 15) is 14.4 Å². The number of aromatic nitrogens is 1. The SMILES string of the molecule is CCOC(=O)C[C@@H]1NC(=O)[C@H](Nc2ccc3c(N)nccc3c2)c2ccc(c(C)c2)CCOC(=O)Nc2cccc1c2. The van der Waals surface area contributed by atoms with Crippen LogP contribution in [-0.2, 0) is 25.5 Å². The van der Waals surface area contributed by atoms with E-state index in [0.29, 0.717) is 29.2 Å². The van der Waals surface area contributed by atoms with Gasteiger partial charge in [0.25, 0.3) is 0 Å². The predicted octanol–water partition coefficient (Wildman–Crippen LogP) is 5.19. The summed E-state index contributed by atoms with van der Waals surface area (Å²) in [6.07, 6.45) is 1.48. The molecule has 2 aliphatic heterocycles. The third kappa shape index (κ3) is 6.60. The normalized spacial score (nSPS) is 17.2. The van der Waals surface area contributed by atoms with E-state index in [-0.39, 0.29) is 25.5 Å². The molecule has 216 valence electrons. The van der Waals surface area contributed by atoms with Gasteiger partial charge in [-0.1, -0.05) is 30.3 Å². The Morgan fingerprint density at radius 1 is 1.10 bits per heavy atom. The molecule has 5 N–H and O–H groups in total. The molecule has 0 spiro atoms. The second-order valence-corrected chi connectivity index (χ2v) is 10.1. The first-order chi connectivity index (χ1) is 20.3. The number of ether oxygens (including phenoxy) is 2. The second kappa shape index (κ2) is 12.6. The van der Waals surface area contributed by atoms with Crippen molar-refractivity contribution in [2.45, 2.75) is 38.8 Å². The largest absolute Gasteiger partial charge is 0.466 e. The molecule has 0 aliphatic carbocycles. The lowest BCUT2D eigenvalue weighted by atomic mass is 9.96. The van der Waals surface area contributed by atoms with Crippen molar-refractivity contribution in [1.82, 2.24) is 10.3 Å². The van der Waals surface area contributed by atoms with Gasteiger partial charge < -0.3 is 25.8 Å². The first kappa shape index (κ1) is 28.4. The van der Waals surface area contributed by atoms with E-state index < -0.39 is 24.1 Å². The van der Waals surface area contributed by atoms with E-state index in [2.05, 4.69) is 20.9 Å². The minimum Gasteiger partial charge on any atom is -0.466 e. The Morgan fingerprint density at radius 2 is 1.95 bits per heavy atom. The van der Waals surface area contributed by atoms with E-state index in [1.165, 1.54) is 0 Å². The monoisotopic (exact) mass is 567 g/mol. The standard InChI is InChI=1S/C32H33N5O5/c1-3-41-28(38)18-27-22-5-4-6-24(17-22)36-32(40)42-14-12-20-7-8-23(15-19(20)2)29(31(39)37-27)35-25-9-10-26-21(16-25)11-13-34-30(26)33/h4-11,13,15-17,27,29,35H,3,12,14,18H2,1-2H3,(H2,33,34)(H,36,40)(H,37,39)/t27-,29+/m0/s1. The Hall–Kier alpha value is -5.12. The average molecular weight is 568 g/mol. The Bertz CT molecular complexity index is 1640. The maximum Gasteiger partial charge on any atom is 0.411 e. The van der Waals surface area contributed by atoms with Crippen LogP contribution in [0.25, 0.3) is 10.8 Å². The molecular formula is C32H33N5O5. The van der Waals surface area contributed by atoms with Crippen LogP contribution in [0.5, 0.6) is 0 Å². The number of amides is 2. The third-order valence-corrected chi connectivity index (χ3v) is 7.20. The number of nitrogens with two attached hydrogens (primary N) is 1. The van der Waals surface area contributed by atoms with Crippen LogP contribution in [0.1, 0.15) is 47.7 Å². The number of nitrogen functional groups attached to an aromatic ring is 1. The lowest BCUT2D eigenvalue weighted by Gasteiger charge is -2.25. The van der Waals surface area contributed by atoms with Gasteiger partial charge in [-0.05, 0) is 77.9 Å². The van der Waals surface area contributed by atoms with E-state index in [0.717, 1.165) is 27.5 Å². The molecule has 0 unspecified atom stereocenters. The molecule has 0 saturated carbocycles. The number of hydrogen-bond acceptors (Lipinski definition) is 8. The van der Waals surface area contributed by atoms with Crippen molar-refractivity contribution in [1.29, 1.82) is 0 Å². The molecule has 2 amide bonds.